The van der Waals surface area contributed by atoms with Gasteiger partial charge in [0.2, 0.25) is 0 Å². The number of morpholine rings is 1. The molecule has 1 aromatic carbocycles. The molecule has 0 aliphatic carbocycles. The lowest BCUT2D eigenvalue weighted by Crippen LogP contribution is -2.53. The van der Waals surface area contributed by atoms with Gasteiger partial charge in [0.1, 0.15) is 23.2 Å². The van der Waals surface area contributed by atoms with E-state index in [-0.39, 0.29) is 18.8 Å². The second kappa shape index (κ2) is 5.47. The number of nitrogens with zero attached hydrogens (tertiary/aromatic N) is 1. The normalized spacial score (nSPS) is 19.7. The first-order valence-electron chi connectivity index (χ1n) is 5.85. The second-order valence-electron chi connectivity index (χ2n) is 4.42. The zero-order chi connectivity index (χ0) is 15.8. The van der Waals surface area contributed by atoms with E-state index in [0.717, 1.165) is 4.90 Å². The van der Waals surface area contributed by atoms with Gasteiger partial charge < -0.3 is 14.7 Å². The minimum absolute atomic E-state index is 0.0312. The topological polar surface area (TPSA) is 49.8 Å². The van der Waals surface area contributed by atoms with Crippen molar-refractivity contribution in [2.24, 2.45) is 0 Å². The Balaban J connectivity index is 2.43. The van der Waals surface area contributed by atoms with Gasteiger partial charge in [-0.05, 0) is 12.1 Å². The molecule has 1 N–H and O–H groups in total. The summed E-state index contributed by atoms with van der Waals surface area (Å²) in [5.41, 5.74) is -1.57. The Morgan fingerprint density at radius 2 is 1.86 bits per heavy atom. The van der Waals surface area contributed by atoms with Gasteiger partial charge in [-0.3, -0.25) is 0 Å². The molecule has 2 rings (SSSR count). The van der Waals surface area contributed by atoms with E-state index in [1.807, 2.05) is 0 Å². The maximum absolute atomic E-state index is 13.6. The van der Waals surface area contributed by atoms with Gasteiger partial charge in [-0.25, -0.2) is 13.6 Å². The Morgan fingerprint density at radius 3 is 2.33 bits per heavy atom. The first kappa shape index (κ1) is 15.5. The van der Waals surface area contributed by atoms with Gasteiger partial charge >= 0.3 is 12.1 Å². The minimum atomic E-state index is -4.64. The van der Waals surface area contributed by atoms with Crippen LogP contribution in [-0.4, -0.2) is 43.1 Å². The first-order valence-corrected chi connectivity index (χ1v) is 5.85. The predicted molar refractivity (Wildman–Crippen MR) is 61.3 cm³/mol. The van der Waals surface area contributed by atoms with Gasteiger partial charge in [-0.15, -0.1) is 0 Å². The van der Waals surface area contributed by atoms with Crippen molar-refractivity contribution in [3.63, 3.8) is 0 Å². The molecule has 0 aromatic heterocycles. The SMILES string of the molecule is O=C(O)c1c(F)cc(N2CCOC[C@@H]2C(F)(F)F)cc1F. The van der Waals surface area contributed by atoms with Crippen molar-refractivity contribution in [1.29, 1.82) is 0 Å². The van der Waals surface area contributed by atoms with E-state index in [4.69, 9.17) is 9.84 Å². The largest absolute Gasteiger partial charge is 0.477 e. The number of ether oxygens (including phenoxy) is 1. The summed E-state index contributed by atoms with van der Waals surface area (Å²) in [4.78, 5) is 11.4. The zero-order valence-corrected chi connectivity index (χ0v) is 10.5. The Bertz CT molecular complexity index is 537. The molecule has 0 amide bonds. The summed E-state index contributed by atoms with van der Waals surface area (Å²) in [5.74, 6) is -4.68. The highest BCUT2D eigenvalue weighted by Crippen LogP contribution is 2.32. The van der Waals surface area contributed by atoms with E-state index in [0.29, 0.717) is 12.1 Å². The summed E-state index contributed by atoms with van der Waals surface area (Å²) in [7, 11) is 0. The Kier molecular flexibility index (Phi) is 4.04. The molecule has 1 heterocycles. The highest BCUT2D eigenvalue weighted by molar-refractivity contribution is 5.88. The highest BCUT2D eigenvalue weighted by atomic mass is 19.4. The molecule has 21 heavy (non-hydrogen) atoms. The number of benzene rings is 1. The number of rotatable bonds is 2. The van der Waals surface area contributed by atoms with Crippen LogP contribution < -0.4 is 4.90 Å². The van der Waals surface area contributed by atoms with Crippen LogP contribution in [0.5, 0.6) is 0 Å². The Hall–Kier alpha value is -1.90. The van der Waals surface area contributed by atoms with Crippen LogP contribution in [0.1, 0.15) is 10.4 Å². The van der Waals surface area contributed by atoms with Crippen LogP contribution >= 0.6 is 0 Å². The molecule has 0 unspecified atom stereocenters. The Labute approximate surface area is 115 Å². The Morgan fingerprint density at radius 1 is 1.29 bits per heavy atom. The van der Waals surface area contributed by atoms with E-state index in [1.54, 1.807) is 0 Å². The minimum Gasteiger partial charge on any atom is -0.477 e. The fraction of sp³-hybridized carbons (Fsp3) is 0.417. The van der Waals surface area contributed by atoms with Gasteiger partial charge in [0.15, 0.2) is 0 Å². The van der Waals surface area contributed by atoms with Crippen LogP contribution in [-0.2, 0) is 4.74 Å². The molecule has 1 fully saturated rings. The molecular formula is C12H10F5NO3. The molecule has 4 nitrogen and oxygen atoms in total. The molecular weight excluding hydrogens is 301 g/mol. The van der Waals surface area contributed by atoms with Crippen LogP contribution in [0.25, 0.3) is 0 Å². The quantitative estimate of drug-likeness (QED) is 0.852. The van der Waals surface area contributed by atoms with Crippen molar-refractivity contribution in [3.8, 4) is 0 Å². The summed E-state index contributed by atoms with van der Waals surface area (Å²) in [6.45, 7) is -0.903. The number of alkyl halides is 3. The standard InChI is InChI=1S/C12H10F5NO3/c13-7-3-6(4-8(14)10(7)11(19)20)18-1-2-21-5-9(18)12(15,16)17/h3-4,9H,1-2,5H2,(H,19,20)/t9-/m1/s1. The molecule has 1 aromatic rings. The molecule has 1 aliphatic heterocycles. The van der Waals surface area contributed by atoms with Crippen molar-refractivity contribution in [2.75, 3.05) is 24.7 Å². The zero-order valence-electron chi connectivity index (χ0n) is 10.5. The highest BCUT2D eigenvalue weighted by Gasteiger charge is 2.45. The van der Waals surface area contributed by atoms with Crippen LogP contribution in [0, 0.1) is 11.6 Å². The number of hydrogen-bond donors (Lipinski definition) is 1. The number of carbonyl (C=O) groups is 1. The van der Waals surface area contributed by atoms with E-state index in [1.165, 1.54) is 0 Å². The van der Waals surface area contributed by atoms with Crippen molar-refractivity contribution >= 4 is 11.7 Å². The molecule has 0 saturated carbocycles. The molecule has 9 heteroatoms. The van der Waals surface area contributed by atoms with Crippen LogP contribution in [0.3, 0.4) is 0 Å². The molecule has 1 atom stereocenters. The number of hydrogen-bond acceptors (Lipinski definition) is 3. The van der Waals surface area contributed by atoms with E-state index >= 15 is 0 Å². The third-order valence-corrected chi connectivity index (χ3v) is 3.08. The number of aromatic carboxylic acids is 1. The average Bonchev–Trinajstić information content (AvgIpc) is 2.36. The molecule has 1 aliphatic rings. The van der Waals surface area contributed by atoms with E-state index in [2.05, 4.69) is 0 Å². The number of carboxylic acid groups (broad SMARTS) is 1. The third kappa shape index (κ3) is 3.07. The number of halogens is 5. The van der Waals surface area contributed by atoms with E-state index < -0.39 is 42.0 Å². The van der Waals surface area contributed by atoms with Crippen molar-refractivity contribution < 1.29 is 36.6 Å². The maximum atomic E-state index is 13.6. The molecule has 0 radical (unpaired) electrons. The van der Waals surface area contributed by atoms with Crippen molar-refractivity contribution in [2.45, 2.75) is 12.2 Å². The van der Waals surface area contributed by atoms with Gasteiger partial charge in [0.05, 0.1) is 13.2 Å². The lowest BCUT2D eigenvalue weighted by atomic mass is 10.1. The first-order chi connectivity index (χ1) is 9.71. The summed E-state index contributed by atoms with van der Waals surface area (Å²) in [5, 5.41) is 8.64. The van der Waals surface area contributed by atoms with Crippen LogP contribution in [0.15, 0.2) is 12.1 Å². The maximum Gasteiger partial charge on any atom is 0.411 e. The van der Waals surface area contributed by atoms with E-state index in [9.17, 15) is 26.7 Å². The van der Waals surface area contributed by atoms with Gasteiger partial charge in [0, 0.05) is 12.2 Å². The molecule has 1 saturated heterocycles. The fourth-order valence-corrected chi connectivity index (χ4v) is 2.11. The summed E-state index contributed by atoms with van der Waals surface area (Å²) in [6.07, 6.45) is -4.64. The number of carboxylic acids is 1. The van der Waals surface area contributed by atoms with Gasteiger partial charge in [-0.1, -0.05) is 0 Å². The lowest BCUT2D eigenvalue weighted by molar-refractivity contribution is -0.167. The predicted octanol–water partition coefficient (Wildman–Crippen LogP) is 2.43. The van der Waals surface area contributed by atoms with Gasteiger partial charge in [-0.2, -0.15) is 13.2 Å². The van der Waals surface area contributed by atoms with Crippen LogP contribution in [0.4, 0.5) is 27.6 Å². The fourth-order valence-electron chi connectivity index (χ4n) is 2.11. The second-order valence-corrected chi connectivity index (χ2v) is 4.42. The summed E-state index contributed by atoms with van der Waals surface area (Å²) >= 11 is 0. The summed E-state index contributed by atoms with van der Waals surface area (Å²) in [6, 6.07) is -0.881. The average molecular weight is 311 g/mol. The smallest absolute Gasteiger partial charge is 0.411 e. The molecule has 0 bridgehead atoms. The summed E-state index contributed by atoms with van der Waals surface area (Å²) < 4.78 is 70.5. The monoisotopic (exact) mass is 311 g/mol. The van der Waals surface area contributed by atoms with Crippen molar-refractivity contribution in [1.82, 2.24) is 0 Å². The number of anilines is 1. The molecule has 116 valence electrons. The van der Waals surface area contributed by atoms with Crippen LogP contribution in [0.2, 0.25) is 0 Å². The third-order valence-electron chi connectivity index (χ3n) is 3.08. The van der Waals surface area contributed by atoms with Crippen molar-refractivity contribution in [3.05, 3.63) is 29.3 Å². The lowest BCUT2D eigenvalue weighted by Gasteiger charge is -2.38. The van der Waals surface area contributed by atoms with Gasteiger partial charge in [0.25, 0.3) is 0 Å². The molecule has 0 spiro atoms.